The second-order valence-corrected chi connectivity index (χ2v) is 6.91. The molecule has 0 aromatic heterocycles. The standard InChI is InChI=1S/C20H22N2O6S/c1-11(18(21)23)22-19(24)13-7-5-6-8-16(13)29-20(25)12-9-14(26-2)17(28-4)15(10-12)27-3/h5-11H,1-4H3,(H2,21,23)(H,22,24)/t11-/m1/s1. The SMILES string of the molecule is COc1cc(C(=O)Sc2ccccc2C(=O)N[C@H](C)C(N)=O)cc(OC)c1OC. The third-order valence-corrected chi connectivity index (χ3v) is 5.01. The van der Waals surface area contributed by atoms with Gasteiger partial charge >= 0.3 is 0 Å². The van der Waals surface area contributed by atoms with Gasteiger partial charge in [0, 0.05) is 10.5 Å². The monoisotopic (exact) mass is 418 g/mol. The maximum atomic E-state index is 12.9. The zero-order valence-electron chi connectivity index (χ0n) is 16.5. The number of primary amides is 1. The van der Waals surface area contributed by atoms with Crippen LogP contribution in [0, 0.1) is 0 Å². The Balaban J connectivity index is 2.32. The third kappa shape index (κ3) is 5.20. The third-order valence-electron chi connectivity index (χ3n) is 4.01. The van der Waals surface area contributed by atoms with E-state index in [0.717, 1.165) is 11.8 Å². The van der Waals surface area contributed by atoms with Gasteiger partial charge < -0.3 is 25.3 Å². The Kier molecular flexibility index (Phi) is 7.49. The Bertz CT molecular complexity index is 906. The van der Waals surface area contributed by atoms with Crippen molar-refractivity contribution in [1.29, 1.82) is 0 Å². The number of ether oxygens (including phenoxy) is 3. The molecule has 2 amide bonds. The molecule has 0 saturated carbocycles. The van der Waals surface area contributed by atoms with E-state index in [-0.39, 0.29) is 10.7 Å². The number of nitrogens with two attached hydrogens (primary N) is 1. The lowest BCUT2D eigenvalue weighted by Crippen LogP contribution is -2.42. The van der Waals surface area contributed by atoms with E-state index in [0.29, 0.717) is 27.7 Å². The first-order valence-electron chi connectivity index (χ1n) is 8.53. The molecule has 29 heavy (non-hydrogen) atoms. The van der Waals surface area contributed by atoms with Gasteiger partial charge in [-0.1, -0.05) is 12.1 Å². The van der Waals surface area contributed by atoms with E-state index in [4.69, 9.17) is 19.9 Å². The normalized spacial score (nSPS) is 11.3. The Morgan fingerprint density at radius 2 is 1.59 bits per heavy atom. The summed E-state index contributed by atoms with van der Waals surface area (Å²) in [6, 6.07) is 8.81. The fraction of sp³-hybridized carbons (Fsp3) is 0.250. The molecule has 0 spiro atoms. The van der Waals surface area contributed by atoms with Crippen molar-refractivity contribution in [3.8, 4) is 17.2 Å². The van der Waals surface area contributed by atoms with Crippen LogP contribution < -0.4 is 25.3 Å². The fourth-order valence-electron chi connectivity index (χ4n) is 2.45. The van der Waals surface area contributed by atoms with Gasteiger partial charge in [-0.15, -0.1) is 0 Å². The van der Waals surface area contributed by atoms with Crippen molar-refractivity contribution in [2.24, 2.45) is 5.73 Å². The average Bonchev–Trinajstić information content (AvgIpc) is 2.72. The highest BCUT2D eigenvalue weighted by Crippen LogP contribution is 2.39. The van der Waals surface area contributed by atoms with Crippen LogP contribution in [0.2, 0.25) is 0 Å². The number of benzene rings is 2. The number of thioether (sulfide) groups is 1. The number of hydrogen-bond donors (Lipinski definition) is 2. The molecule has 154 valence electrons. The molecule has 0 aliphatic carbocycles. The van der Waals surface area contributed by atoms with Crippen LogP contribution in [0.25, 0.3) is 0 Å². The first-order valence-corrected chi connectivity index (χ1v) is 9.35. The molecule has 2 aromatic rings. The van der Waals surface area contributed by atoms with Crippen LogP contribution >= 0.6 is 11.8 Å². The summed E-state index contributed by atoms with van der Waals surface area (Å²) in [7, 11) is 4.38. The van der Waals surface area contributed by atoms with Crippen LogP contribution in [0.5, 0.6) is 17.2 Å². The topological polar surface area (TPSA) is 117 Å². The van der Waals surface area contributed by atoms with Gasteiger partial charge in [0.05, 0.1) is 26.9 Å². The van der Waals surface area contributed by atoms with Gasteiger partial charge in [0.2, 0.25) is 16.8 Å². The summed E-state index contributed by atoms with van der Waals surface area (Å²) in [4.78, 5) is 37.0. The Morgan fingerprint density at radius 1 is 1.00 bits per heavy atom. The molecule has 0 aliphatic heterocycles. The van der Waals surface area contributed by atoms with E-state index in [1.807, 2.05) is 0 Å². The fourth-order valence-corrected chi connectivity index (χ4v) is 3.30. The van der Waals surface area contributed by atoms with E-state index in [2.05, 4.69) is 5.32 Å². The number of rotatable bonds is 8. The minimum Gasteiger partial charge on any atom is -0.493 e. The minimum absolute atomic E-state index is 0.256. The number of methoxy groups -OCH3 is 3. The summed E-state index contributed by atoms with van der Waals surface area (Å²) in [5.41, 5.74) is 5.75. The van der Waals surface area contributed by atoms with E-state index in [1.54, 1.807) is 24.3 Å². The Labute approximate surface area is 172 Å². The van der Waals surface area contributed by atoms with Crippen LogP contribution in [0.3, 0.4) is 0 Å². The second kappa shape index (κ2) is 9.83. The Hall–Kier alpha value is -3.20. The molecule has 2 rings (SSSR count). The highest BCUT2D eigenvalue weighted by Gasteiger charge is 2.21. The van der Waals surface area contributed by atoms with Crippen LogP contribution in [0.4, 0.5) is 0 Å². The number of amides is 2. The van der Waals surface area contributed by atoms with Crippen molar-refractivity contribution in [3.05, 3.63) is 47.5 Å². The van der Waals surface area contributed by atoms with Gasteiger partial charge in [0.15, 0.2) is 11.5 Å². The maximum absolute atomic E-state index is 12.9. The molecule has 1 atom stereocenters. The van der Waals surface area contributed by atoms with Crippen LogP contribution in [0.15, 0.2) is 41.3 Å². The van der Waals surface area contributed by atoms with Gasteiger partial charge in [-0.25, -0.2) is 0 Å². The molecule has 0 unspecified atom stereocenters. The van der Waals surface area contributed by atoms with E-state index >= 15 is 0 Å². The summed E-state index contributed by atoms with van der Waals surface area (Å²) in [6.45, 7) is 1.48. The first-order chi connectivity index (χ1) is 13.8. The predicted molar refractivity (Wildman–Crippen MR) is 109 cm³/mol. The van der Waals surface area contributed by atoms with Crippen molar-refractivity contribution in [2.45, 2.75) is 17.9 Å². The molecule has 2 aromatic carbocycles. The van der Waals surface area contributed by atoms with Crippen molar-refractivity contribution in [2.75, 3.05) is 21.3 Å². The number of carbonyl (C=O) groups excluding carboxylic acids is 3. The van der Waals surface area contributed by atoms with E-state index in [9.17, 15) is 14.4 Å². The number of nitrogens with one attached hydrogen (secondary N) is 1. The number of carbonyl (C=O) groups is 3. The maximum Gasteiger partial charge on any atom is 0.253 e. The van der Waals surface area contributed by atoms with Gasteiger partial charge in [-0.2, -0.15) is 0 Å². The molecule has 0 bridgehead atoms. The largest absolute Gasteiger partial charge is 0.493 e. The smallest absolute Gasteiger partial charge is 0.253 e. The lowest BCUT2D eigenvalue weighted by molar-refractivity contribution is -0.119. The zero-order valence-corrected chi connectivity index (χ0v) is 17.3. The molecule has 3 N–H and O–H groups in total. The molecule has 0 aliphatic rings. The summed E-state index contributed by atoms with van der Waals surface area (Å²) >= 11 is 0.871. The predicted octanol–water partition coefficient (Wildman–Crippen LogP) is 2.25. The Morgan fingerprint density at radius 3 is 2.10 bits per heavy atom. The van der Waals surface area contributed by atoms with Gasteiger partial charge in [-0.05, 0) is 43.0 Å². The van der Waals surface area contributed by atoms with Crippen LogP contribution in [-0.4, -0.2) is 44.3 Å². The average molecular weight is 418 g/mol. The van der Waals surface area contributed by atoms with Crippen LogP contribution in [0.1, 0.15) is 27.6 Å². The molecule has 0 saturated heterocycles. The molecular weight excluding hydrogens is 396 g/mol. The summed E-state index contributed by atoms with van der Waals surface area (Å²) < 4.78 is 15.8. The van der Waals surface area contributed by atoms with E-state index < -0.39 is 17.9 Å². The van der Waals surface area contributed by atoms with Crippen molar-refractivity contribution < 1.29 is 28.6 Å². The minimum atomic E-state index is -0.841. The summed E-state index contributed by atoms with van der Waals surface area (Å²) in [6.07, 6.45) is 0. The molecule has 0 heterocycles. The van der Waals surface area contributed by atoms with Gasteiger partial charge in [-0.3, -0.25) is 14.4 Å². The van der Waals surface area contributed by atoms with E-state index in [1.165, 1.54) is 40.4 Å². The van der Waals surface area contributed by atoms with Crippen molar-refractivity contribution >= 4 is 28.7 Å². The van der Waals surface area contributed by atoms with Gasteiger partial charge in [0.25, 0.3) is 5.91 Å². The van der Waals surface area contributed by atoms with Crippen molar-refractivity contribution in [3.63, 3.8) is 0 Å². The van der Waals surface area contributed by atoms with Gasteiger partial charge in [0.1, 0.15) is 6.04 Å². The first kappa shape index (κ1) is 22.1. The quantitative estimate of drug-likeness (QED) is 0.632. The van der Waals surface area contributed by atoms with Crippen molar-refractivity contribution in [1.82, 2.24) is 5.32 Å². The molecule has 8 nitrogen and oxygen atoms in total. The lowest BCUT2D eigenvalue weighted by atomic mass is 10.2. The number of hydrogen-bond acceptors (Lipinski definition) is 7. The molecule has 0 fully saturated rings. The molecule has 9 heteroatoms. The molecular formula is C20H22N2O6S. The highest BCUT2D eigenvalue weighted by atomic mass is 32.2. The highest BCUT2D eigenvalue weighted by molar-refractivity contribution is 8.14. The molecule has 0 radical (unpaired) electrons. The van der Waals surface area contributed by atoms with Crippen LogP contribution in [-0.2, 0) is 4.79 Å². The second-order valence-electron chi connectivity index (χ2n) is 5.90. The zero-order chi connectivity index (χ0) is 21.6. The summed E-state index contributed by atoms with van der Waals surface area (Å²) in [5.74, 6) is -0.0972. The lowest BCUT2D eigenvalue weighted by Gasteiger charge is -2.14. The summed E-state index contributed by atoms with van der Waals surface area (Å²) in [5, 5.41) is 2.18.